The van der Waals surface area contributed by atoms with Crippen LogP contribution in [0.15, 0.2) is 36.4 Å². The fourth-order valence-electron chi connectivity index (χ4n) is 1.73. The highest BCUT2D eigenvalue weighted by atomic mass is 19.1. The van der Waals surface area contributed by atoms with E-state index in [1.165, 1.54) is 12.1 Å². The number of ether oxygens (including phenoxy) is 1. The Labute approximate surface area is 118 Å². The van der Waals surface area contributed by atoms with Crippen molar-refractivity contribution in [3.63, 3.8) is 0 Å². The predicted molar refractivity (Wildman–Crippen MR) is 71.3 cm³/mol. The van der Waals surface area contributed by atoms with Gasteiger partial charge < -0.3 is 9.84 Å². The number of benzene rings is 2. The predicted octanol–water partition coefficient (Wildman–Crippen LogP) is 3.53. The molecule has 2 rings (SSSR count). The number of nitrogens with zero attached hydrogens (tertiary/aromatic N) is 1. The zero-order valence-electron chi connectivity index (χ0n) is 10.9. The van der Waals surface area contributed by atoms with Gasteiger partial charge in [-0.15, -0.1) is 0 Å². The summed E-state index contributed by atoms with van der Waals surface area (Å²) in [6.45, 7) is 1.68. The number of aryl methyl sites for hydroxylation is 1. The molecule has 0 aliphatic heterocycles. The lowest BCUT2D eigenvalue weighted by Gasteiger charge is -2.09. The average Bonchev–Trinajstić information content (AvgIpc) is 2.42. The Hall–Kier alpha value is -2.96. The van der Waals surface area contributed by atoms with Crippen LogP contribution in [0.5, 0.6) is 11.5 Å². The first-order valence-electron chi connectivity index (χ1n) is 5.84. The quantitative estimate of drug-likeness (QED) is 0.687. The first-order valence-corrected chi connectivity index (χ1v) is 5.84. The molecule has 6 nitrogen and oxygen atoms in total. The lowest BCUT2D eigenvalue weighted by atomic mass is 10.2. The Balaban J connectivity index is 2.48. The van der Waals surface area contributed by atoms with E-state index in [-0.39, 0.29) is 17.2 Å². The highest BCUT2D eigenvalue weighted by Crippen LogP contribution is 2.33. The van der Waals surface area contributed by atoms with Gasteiger partial charge in [-0.2, -0.15) is 0 Å². The minimum atomic E-state index is -1.39. The minimum Gasteiger partial charge on any atom is -0.478 e. The number of halogens is 1. The smallest absolute Gasteiger partial charge is 0.339 e. The van der Waals surface area contributed by atoms with Crippen LogP contribution in [0.1, 0.15) is 15.9 Å². The van der Waals surface area contributed by atoms with Crippen molar-refractivity contribution < 1.29 is 24.0 Å². The molecule has 108 valence electrons. The average molecular weight is 291 g/mol. The molecule has 2 aromatic carbocycles. The maximum absolute atomic E-state index is 13.1. The molecule has 0 aliphatic carbocycles. The van der Waals surface area contributed by atoms with Crippen molar-refractivity contribution in [2.75, 3.05) is 0 Å². The van der Waals surface area contributed by atoms with Crippen LogP contribution in [-0.2, 0) is 0 Å². The van der Waals surface area contributed by atoms with Crippen LogP contribution in [0, 0.1) is 22.9 Å². The lowest BCUT2D eigenvalue weighted by Crippen LogP contribution is -2.02. The van der Waals surface area contributed by atoms with Gasteiger partial charge in [-0.1, -0.05) is 6.07 Å². The third-order valence-corrected chi connectivity index (χ3v) is 2.70. The molecule has 0 heterocycles. The number of rotatable bonds is 4. The number of nitro benzene ring substituents is 1. The maximum atomic E-state index is 13.1. The molecule has 7 heteroatoms. The third-order valence-electron chi connectivity index (χ3n) is 2.70. The molecule has 0 saturated carbocycles. The van der Waals surface area contributed by atoms with E-state index in [2.05, 4.69) is 0 Å². The molecule has 0 aromatic heterocycles. The topological polar surface area (TPSA) is 89.7 Å². The summed E-state index contributed by atoms with van der Waals surface area (Å²) >= 11 is 0. The SMILES string of the molecule is Cc1ccc(Oc2ccc(F)cc2C(=O)O)c([N+](=O)[O-])c1. The van der Waals surface area contributed by atoms with Crippen molar-refractivity contribution in [1.82, 2.24) is 0 Å². The molecule has 0 unspecified atom stereocenters. The van der Waals surface area contributed by atoms with Gasteiger partial charge in [-0.25, -0.2) is 9.18 Å². The number of carbonyl (C=O) groups is 1. The highest BCUT2D eigenvalue weighted by molar-refractivity contribution is 5.91. The molecule has 0 amide bonds. The summed E-state index contributed by atoms with van der Waals surface area (Å²) in [7, 11) is 0. The van der Waals surface area contributed by atoms with Crippen LogP contribution >= 0.6 is 0 Å². The second kappa shape index (κ2) is 5.58. The molecule has 0 saturated heterocycles. The van der Waals surface area contributed by atoms with E-state index in [0.717, 1.165) is 18.2 Å². The number of carboxylic acids is 1. The minimum absolute atomic E-state index is 0.111. The maximum Gasteiger partial charge on any atom is 0.339 e. The number of carboxylic acid groups (broad SMARTS) is 1. The summed E-state index contributed by atoms with van der Waals surface area (Å²) in [4.78, 5) is 21.4. The van der Waals surface area contributed by atoms with Gasteiger partial charge in [-0.05, 0) is 36.8 Å². The standard InChI is InChI=1S/C14H10FNO5/c1-8-2-4-13(11(6-8)16(19)20)21-12-5-3-9(15)7-10(12)14(17)18/h2-7H,1H3,(H,17,18). The van der Waals surface area contributed by atoms with Crippen LogP contribution < -0.4 is 4.74 Å². The van der Waals surface area contributed by atoms with Crippen molar-refractivity contribution >= 4 is 11.7 Å². The van der Waals surface area contributed by atoms with Gasteiger partial charge in [0.25, 0.3) is 0 Å². The Morgan fingerprint density at radius 3 is 2.52 bits per heavy atom. The van der Waals surface area contributed by atoms with Gasteiger partial charge in [0.1, 0.15) is 17.1 Å². The molecular formula is C14H10FNO5. The van der Waals surface area contributed by atoms with E-state index in [1.54, 1.807) is 13.0 Å². The van der Waals surface area contributed by atoms with Crippen molar-refractivity contribution in [2.24, 2.45) is 0 Å². The van der Waals surface area contributed by atoms with Crippen molar-refractivity contribution in [3.05, 3.63) is 63.5 Å². The van der Waals surface area contributed by atoms with E-state index >= 15 is 0 Å². The molecule has 0 aliphatic rings. The van der Waals surface area contributed by atoms with Gasteiger partial charge in [0, 0.05) is 6.07 Å². The van der Waals surface area contributed by atoms with E-state index in [9.17, 15) is 19.3 Å². The lowest BCUT2D eigenvalue weighted by molar-refractivity contribution is -0.385. The second-order valence-electron chi connectivity index (χ2n) is 4.28. The largest absolute Gasteiger partial charge is 0.478 e. The Morgan fingerprint density at radius 2 is 1.90 bits per heavy atom. The van der Waals surface area contributed by atoms with E-state index in [1.807, 2.05) is 0 Å². The molecule has 0 spiro atoms. The van der Waals surface area contributed by atoms with Crippen LogP contribution in [-0.4, -0.2) is 16.0 Å². The van der Waals surface area contributed by atoms with Crippen molar-refractivity contribution in [1.29, 1.82) is 0 Å². The number of nitro groups is 1. The first kappa shape index (κ1) is 14.4. The molecule has 2 aromatic rings. The summed E-state index contributed by atoms with van der Waals surface area (Å²) in [5.74, 6) is -2.41. The molecule has 0 fully saturated rings. The highest BCUT2D eigenvalue weighted by Gasteiger charge is 2.19. The zero-order chi connectivity index (χ0) is 15.6. The second-order valence-corrected chi connectivity index (χ2v) is 4.28. The van der Waals surface area contributed by atoms with E-state index in [4.69, 9.17) is 9.84 Å². The van der Waals surface area contributed by atoms with Crippen LogP contribution in [0.4, 0.5) is 10.1 Å². The third kappa shape index (κ3) is 3.14. The Bertz CT molecular complexity index is 668. The summed E-state index contributed by atoms with van der Waals surface area (Å²) in [5.41, 5.74) is -0.0489. The molecular weight excluding hydrogens is 281 g/mol. The molecule has 0 atom stereocenters. The number of hydrogen-bond donors (Lipinski definition) is 1. The van der Waals surface area contributed by atoms with E-state index < -0.39 is 22.3 Å². The molecule has 21 heavy (non-hydrogen) atoms. The van der Waals surface area contributed by atoms with Crippen LogP contribution in [0.3, 0.4) is 0 Å². The van der Waals surface area contributed by atoms with Gasteiger partial charge in [-0.3, -0.25) is 10.1 Å². The molecule has 0 radical (unpaired) electrons. The van der Waals surface area contributed by atoms with Crippen LogP contribution in [0.25, 0.3) is 0 Å². The van der Waals surface area contributed by atoms with Crippen molar-refractivity contribution in [3.8, 4) is 11.5 Å². The van der Waals surface area contributed by atoms with Gasteiger partial charge in [0.15, 0.2) is 0 Å². The zero-order valence-corrected chi connectivity index (χ0v) is 10.9. The van der Waals surface area contributed by atoms with Gasteiger partial charge >= 0.3 is 11.7 Å². The van der Waals surface area contributed by atoms with E-state index in [0.29, 0.717) is 5.56 Å². The summed E-state index contributed by atoms with van der Waals surface area (Å²) in [6, 6.07) is 7.18. The first-order chi connectivity index (χ1) is 9.88. The fraction of sp³-hybridized carbons (Fsp3) is 0.0714. The Kier molecular flexibility index (Phi) is 3.84. The summed E-state index contributed by atoms with van der Waals surface area (Å²) < 4.78 is 18.4. The Morgan fingerprint density at radius 1 is 1.24 bits per heavy atom. The number of hydrogen-bond acceptors (Lipinski definition) is 4. The monoisotopic (exact) mass is 291 g/mol. The molecule has 1 N–H and O–H groups in total. The molecule has 0 bridgehead atoms. The fourth-order valence-corrected chi connectivity index (χ4v) is 1.73. The normalized spacial score (nSPS) is 10.2. The van der Waals surface area contributed by atoms with Gasteiger partial charge in [0.2, 0.25) is 5.75 Å². The number of aromatic carboxylic acids is 1. The summed E-state index contributed by atoms with van der Waals surface area (Å²) in [6.07, 6.45) is 0. The summed E-state index contributed by atoms with van der Waals surface area (Å²) in [5, 5.41) is 20.0. The van der Waals surface area contributed by atoms with Crippen molar-refractivity contribution in [2.45, 2.75) is 6.92 Å². The van der Waals surface area contributed by atoms with Gasteiger partial charge in [0.05, 0.1) is 4.92 Å². The van der Waals surface area contributed by atoms with Crippen LogP contribution in [0.2, 0.25) is 0 Å².